The number of aryl methyl sites for hydroxylation is 1. The minimum absolute atomic E-state index is 0.0560. The molecule has 1 aromatic heterocycles. The number of hydrogen-bond acceptors (Lipinski definition) is 7. The van der Waals surface area contributed by atoms with Gasteiger partial charge in [-0.3, -0.25) is 14.5 Å². The number of amides is 1. The number of carbonyl (C=O) groups is 2. The van der Waals surface area contributed by atoms with Gasteiger partial charge in [-0.25, -0.2) is 0 Å². The summed E-state index contributed by atoms with van der Waals surface area (Å²) in [5.41, 5.74) is 2.76. The fraction of sp³-hybridized carbons (Fsp3) is 0.321. The number of para-hydroxylation sites is 1. The predicted octanol–water partition coefficient (Wildman–Crippen LogP) is 5.19. The van der Waals surface area contributed by atoms with Crippen molar-refractivity contribution >= 4 is 17.4 Å². The quantitative estimate of drug-likeness (QED) is 0.390. The van der Waals surface area contributed by atoms with E-state index in [4.69, 9.17) is 14.0 Å². The summed E-state index contributed by atoms with van der Waals surface area (Å²) in [5, 5.41) is 14.8. The summed E-state index contributed by atoms with van der Waals surface area (Å²) < 4.78 is 16.4. The molecule has 2 aromatic carbocycles. The van der Waals surface area contributed by atoms with Crippen molar-refractivity contribution < 1.29 is 28.7 Å². The first-order valence-corrected chi connectivity index (χ1v) is 11.9. The van der Waals surface area contributed by atoms with Crippen LogP contribution in [0.5, 0.6) is 5.75 Å². The van der Waals surface area contributed by atoms with Crippen LogP contribution in [0, 0.1) is 12.8 Å². The zero-order valence-corrected chi connectivity index (χ0v) is 20.9. The number of anilines is 1. The van der Waals surface area contributed by atoms with Crippen molar-refractivity contribution in [1.82, 2.24) is 5.16 Å². The monoisotopic (exact) mass is 490 g/mol. The molecule has 8 nitrogen and oxygen atoms in total. The number of benzene rings is 2. The average Bonchev–Trinajstić information content (AvgIpc) is 3.40. The van der Waals surface area contributed by atoms with Gasteiger partial charge in [-0.05, 0) is 43.2 Å². The van der Waals surface area contributed by atoms with Gasteiger partial charge in [-0.1, -0.05) is 37.2 Å². The number of aromatic nitrogens is 1. The maximum Gasteiger partial charge on any atom is 0.294 e. The molecule has 0 aliphatic carbocycles. The molecule has 1 unspecified atom stereocenters. The molecule has 4 rings (SSSR count). The van der Waals surface area contributed by atoms with Gasteiger partial charge in [0.1, 0.15) is 12.4 Å². The fourth-order valence-electron chi connectivity index (χ4n) is 4.29. The first-order valence-electron chi connectivity index (χ1n) is 11.9. The van der Waals surface area contributed by atoms with Crippen LogP contribution in [-0.4, -0.2) is 42.3 Å². The Labute approximate surface area is 210 Å². The number of nitrogens with zero attached hydrogens (tertiary/aromatic N) is 2. The Morgan fingerprint density at radius 2 is 1.86 bits per heavy atom. The summed E-state index contributed by atoms with van der Waals surface area (Å²) in [5.74, 6) is -0.275. The Hall–Kier alpha value is -3.91. The van der Waals surface area contributed by atoms with Gasteiger partial charge in [0.05, 0.1) is 23.9 Å². The summed E-state index contributed by atoms with van der Waals surface area (Å²) in [7, 11) is 1.58. The van der Waals surface area contributed by atoms with E-state index >= 15 is 0 Å². The van der Waals surface area contributed by atoms with E-state index in [2.05, 4.69) is 5.16 Å². The highest BCUT2D eigenvalue weighted by Gasteiger charge is 2.45. The predicted molar refractivity (Wildman–Crippen MR) is 135 cm³/mol. The number of Topliss-reactive ketones (excluding diaryl/α,β-unsaturated/α-hetero) is 1. The highest BCUT2D eigenvalue weighted by Crippen LogP contribution is 2.44. The molecular formula is C28H30N2O6. The lowest BCUT2D eigenvalue weighted by molar-refractivity contribution is -0.118. The minimum atomic E-state index is -0.846. The normalized spacial score (nSPS) is 15.8. The molecule has 0 saturated heterocycles. The first kappa shape index (κ1) is 25.2. The van der Waals surface area contributed by atoms with E-state index in [1.165, 1.54) is 4.90 Å². The number of ether oxygens (including phenoxy) is 2. The smallest absolute Gasteiger partial charge is 0.294 e. The molecule has 0 radical (unpaired) electrons. The van der Waals surface area contributed by atoms with Gasteiger partial charge in [-0.2, -0.15) is 0 Å². The van der Waals surface area contributed by atoms with Crippen molar-refractivity contribution in [3.8, 4) is 17.1 Å². The highest BCUT2D eigenvalue weighted by molar-refractivity contribution is 6.16. The third kappa shape index (κ3) is 5.04. The van der Waals surface area contributed by atoms with Crippen LogP contribution < -0.4 is 9.64 Å². The molecule has 0 saturated carbocycles. The average molecular weight is 491 g/mol. The number of aliphatic hydroxyl groups is 1. The van der Waals surface area contributed by atoms with Crippen LogP contribution in [-0.2, 0) is 14.3 Å². The van der Waals surface area contributed by atoms with E-state index in [0.717, 1.165) is 11.3 Å². The van der Waals surface area contributed by atoms with Crippen LogP contribution >= 0.6 is 0 Å². The second-order valence-corrected chi connectivity index (χ2v) is 9.12. The second kappa shape index (κ2) is 10.8. The lowest BCUT2D eigenvalue weighted by atomic mass is 9.91. The van der Waals surface area contributed by atoms with Crippen LogP contribution in [0.15, 0.2) is 70.5 Å². The van der Waals surface area contributed by atoms with Crippen LogP contribution in [0.3, 0.4) is 0 Å². The largest absolute Gasteiger partial charge is 0.503 e. The Balaban J connectivity index is 1.78. The zero-order chi connectivity index (χ0) is 25.8. The van der Waals surface area contributed by atoms with Gasteiger partial charge in [-0.15, -0.1) is 0 Å². The Bertz CT molecular complexity index is 1280. The molecule has 2 heterocycles. The molecule has 1 aliphatic rings. The van der Waals surface area contributed by atoms with E-state index in [0.29, 0.717) is 36.0 Å². The van der Waals surface area contributed by atoms with Gasteiger partial charge in [0.15, 0.2) is 17.3 Å². The van der Waals surface area contributed by atoms with Gasteiger partial charge in [0, 0.05) is 36.4 Å². The van der Waals surface area contributed by atoms with E-state index in [1.807, 2.05) is 51.1 Å². The summed E-state index contributed by atoms with van der Waals surface area (Å²) in [4.78, 5) is 28.1. The number of carbonyl (C=O) groups excluding carboxylic acids is 2. The van der Waals surface area contributed by atoms with E-state index < -0.39 is 17.7 Å². The van der Waals surface area contributed by atoms with Gasteiger partial charge < -0.3 is 19.1 Å². The first-order chi connectivity index (χ1) is 17.3. The minimum Gasteiger partial charge on any atom is -0.503 e. The number of methoxy groups -OCH3 is 1. The molecule has 8 heteroatoms. The number of ketones is 1. The summed E-state index contributed by atoms with van der Waals surface area (Å²) in [6, 6.07) is 15.3. The summed E-state index contributed by atoms with van der Waals surface area (Å²) >= 11 is 0. The van der Waals surface area contributed by atoms with Crippen LogP contribution in [0.25, 0.3) is 11.3 Å². The molecule has 1 aliphatic heterocycles. The molecule has 1 N–H and O–H groups in total. The second-order valence-electron chi connectivity index (χ2n) is 9.12. The van der Waals surface area contributed by atoms with Gasteiger partial charge in [0.25, 0.3) is 5.91 Å². The highest BCUT2D eigenvalue weighted by atomic mass is 16.5. The lowest BCUT2D eigenvalue weighted by Gasteiger charge is -2.28. The summed E-state index contributed by atoms with van der Waals surface area (Å²) in [6.07, 6.45) is 0.202. The fourth-order valence-corrected chi connectivity index (χ4v) is 4.29. The molecule has 36 heavy (non-hydrogen) atoms. The molecule has 188 valence electrons. The number of rotatable bonds is 10. The van der Waals surface area contributed by atoms with Crippen LogP contribution in [0.1, 0.15) is 37.6 Å². The van der Waals surface area contributed by atoms with Crippen molar-refractivity contribution in [2.24, 2.45) is 5.92 Å². The van der Waals surface area contributed by atoms with Gasteiger partial charge >= 0.3 is 0 Å². The van der Waals surface area contributed by atoms with Crippen molar-refractivity contribution in [3.05, 3.63) is 77.2 Å². The van der Waals surface area contributed by atoms with Crippen molar-refractivity contribution in [2.45, 2.75) is 33.2 Å². The molecular weight excluding hydrogens is 460 g/mol. The Morgan fingerprint density at radius 3 is 2.50 bits per heavy atom. The zero-order valence-electron chi connectivity index (χ0n) is 20.9. The Kier molecular flexibility index (Phi) is 7.55. The molecule has 0 fully saturated rings. The van der Waals surface area contributed by atoms with Crippen molar-refractivity contribution in [1.29, 1.82) is 0 Å². The maximum absolute atomic E-state index is 13.4. The van der Waals surface area contributed by atoms with E-state index in [9.17, 15) is 14.7 Å². The van der Waals surface area contributed by atoms with Crippen molar-refractivity contribution in [2.75, 3.05) is 25.2 Å². The SMILES string of the molecule is COCCOc1ccccc1C1C(C(=O)CC(C)C)=C(O)C(=O)N1c1ccc(-c2cc(C)no2)cc1. The van der Waals surface area contributed by atoms with Gasteiger partial charge in [0.2, 0.25) is 0 Å². The molecule has 1 atom stereocenters. The third-order valence-corrected chi connectivity index (χ3v) is 5.92. The van der Waals surface area contributed by atoms with Crippen molar-refractivity contribution in [3.63, 3.8) is 0 Å². The molecule has 3 aromatic rings. The molecule has 1 amide bonds. The third-order valence-electron chi connectivity index (χ3n) is 5.92. The van der Waals surface area contributed by atoms with E-state index in [-0.39, 0.29) is 23.7 Å². The summed E-state index contributed by atoms with van der Waals surface area (Å²) in [6.45, 7) is 6.36. The number of hydrogen-bond donors (Lipinski definition) is 1. The van der Waals surface area contributed by atoms with Crippen LogP contribution in [0.2, 0.25) is 0 Å². The molecule has 0 spiro atoms. The Morgan fingerprint density at radius 1 is 1.14 bits per heavy atom. The molecule has 0 bridgehead atoms. The maximum atomic E-state index is 13.4. The topological polar surface area (TPSA) is 102 Å². The standard InChI is InChI=1S/C28H30N2O6/c1-17(2)15-22(31)25-26(21-7-5-6-8-23(21)35-14-13-34-4)30(28(33)27(25)32)20-11-9-19(10-12-20)24-16-18(3)29-36-24/h5-12,16-17,26,32H,13-15H2,1-4H3. The van der Waals surface area contributed by atoms with Crippen LogP contribution in [0.4, 0.5) is 5.69 Å². The lowest BCUT2D eigenvalue weighted by Crippen LogP contribution is -2.31. The van der Waals surface area contributed by atoms with E-state index in [1.54, 1.807) is 31.4 Å². The number of aliphatic hydroxyl groups excluding tert-OH is 1.